The number of nitrogens with two attached hydrogens (primary N) is 2. The Hall–Kier alpha value is -3.61. The van der Waals surface area contributed by atoms with Gasteiger partial charge in [0.1, 0.15) is 11.4 Å². The van der Waals surface area contributed by atoms with Gasteiger partial charge in [-0.3, -0.25) is 19.3 Å². The van der Waals surface area contributed by atoms with Gasteiger partial charge in [-0.25, -0.2) is 4.39 Å². The van der Waals surface area contributed by atoms with E-state index < -0.39 is 53.8 Å². The number of hydrogen-bond donors (Lipinski definition) is 4. The first-order chi connectivity index (χ1) is 19.0. The molecule has 4 rings (SSSR count). The molecular weight excluding hydrogens is 571 g/mol. The number of nitrogens with zero attached hydrogens (tertiary/aromatic N) is 5. The first-order valence-electron chi connectivity index (χ1n) is 12.1. The molecule has 0 spiro atoms. The lowest BCUT2D eigenvalue weighted by atomic mass is 10.0. The number of thioether (sulfide) groups is 1. The van der Waals surface area contributed by atoms with E-state index in [0.29, 0.717) is 42.5 Å². The van der Waals surface area contributed by atoms with E-state index in [2.05, 4.69) is 24.7 Å². The van der Waals surface area contributed by atoms with Crippen LogP contribution in [0.2, 0.25) is 0 Å². The van der Waals surface area contributed by atoms with Crippen molar-refractivity contribution in [1.82, 2.24) is 19.6 Å². The summed E-state index contributed by atoms with van der Waals surface area (Å²) in [5.41, 5.74) is 10.5. The first-order valence-corrected chi connectivity index (χ1v) is 13.9. The highest BCUT2D eigenvalue weighted by Gasteiger charge is 2.53. The number of rotatable bonds is 11. The Labute approximate surface area is 235 Å². The summed E-state index contributed by atoms with van der Waals surface area (Å²) in [5.74, 6) is -3.72. The van der Waals surface area contributed by atoms with Crippen LogP contribution in [-0.2, 0) is 24.0 Å². The third-order valence-electron chi connectivity index (χ3n) is 6.73. The van der Waals surface area contributed by atoms with Crippen LogP contribution in [0.1, 0.15) is 18.7 Å². The summed E-state index contributed by atoms with van der Waals surface area (Å²) in [5, 5.41) is 27.0. The molecule has 6 N–H and O–H groups in total. The Bertz CT molecular complexity index is 1280. The first kappa shape index (κ1) is 29.4. The lowest BCUT2D eigenvalue weighted by Crippen LogP contribution is -2.71. The fourth-order valence-corrected chi connectivity index (χ4v) is 6.58. The maximum atomic E-state index is 13.0. The number of carboxylic acid groups (broad SMARTS) is 1. The largest absolute Gasteiger partial charge is 0.543 e. The molecule has 2 saturated heterocycles. The van der Waals surface area contributed by atoms with E-state index in [9.17, 15) is 33.8 Å². The summed E-state index contributed by atoms with van der Waals surface area (Å²) in [6.07, 6.45) is 3.89. The topological polar surface area (TPSA) is 226 Å². The fraction of sp³-hybridized carbons (Fsp3) is 0.500. The molecule has 18 heteroatoms. The standard InChI is InChI=1S/C22H27FN8O7S2/c23-10-38-28-14(17-27-22(25)40-29-17)18(34)26-15-19(35)30-16(21(36)37)11(9-39-20(15)30)2-1-5-31(8-13(24)33)6-3-12(32)4-7-31/h1-2,12,15,20,32H,3-10H2,(H5-,24,25,26,27,29,33,34,36,37)/b2-1+,28-14-/t12?,15-,20+,31?/m1/s1. The number of β-lactam (4-membered cyclic amide) rings is 1. The number of hydrogen-bond acceptors (Lipinski definition) is 13. The zero-order chi connectivity index (χ0) is 29.0. The van der Waals surface area contributed by atoms with E-state index in [1.54, 1.807) is 12.2 Å². The third-order valence-corrected chi connectivity index (χ3v) is 8.57. The molecule has 0 aromatic carbocycles. The number of nitrogens with one attached hydrogen (secondary N) is 1. The van der Waals surface area contributed by atoms with E-state index in [4.69, 9.17) is 11.5 Å². The SMILES string of the molecule is NC(=O)C[N+]1(C/C=C/C2=C(C(=O)[O-])N3C(=O)[C@@H](NC(=O)/C(=N\OCF)c4nsc(N)n4)[C@@H]3SC2)CCC(O)CC1. The van der Waals surface area contributed by atoms with Crippen molar-refractivity contribution >= 4 is 57.8 Å². The molecule has 3 aliphatic heterocycles. The van der Waals surface area contributed by atoms with Gasteiger partial charge in [0.25, 0.3) is 24.6 Å². The Morgan fingerprint density at radius 3 is 2.67 bits per heavy atom. The number of aliphatic hydroxyl groups is 1. The highest BCUT2D eigenvalue weighted by Crippen LogP contribution is 2.40. The average Bonchev–Trinajstić information content (AvgIpc) is 3.34. The number of primary amides is 1. The summed E-state index contributed by atoms with van der Waals surface area (Å²) in [6.45, 7) is 0.198. The molecule has 4 heterocycles. The molecule has 0 saturated carbocycles. The third kappa shape index (κ3) is 6.24. The smallest absolute Gasteiger partial charge is 0.278 e. The lowest BCUT2D eigenvalue weighted by molar-refractivity contribution is -0.920. The highest BCUT2D eigenvalue weighted by atomic mass is 32.2. The predicted octanol–water partition coefficient (Wildman–Crippen LogP) is -2.82. The fourth-order valence-electron chi connectivity index (χ4n) is 4.83. The lowest BCUT2D eigenvalue weighted by Gasteiger charge is -2.50. The molecule has 15 nitrogen and oxygen atoms in total. The molecule has 3 aliphatic rings. The Morgan fingerprint density at radius 2 is 2.08 bits per heavy atom. The van der Waals surface area contributed by atoms with E-state index in [1.807, 2.05) is 0 Å². The predicted molar refractivity (Wildman–Crippen MR) is 138 cm³/mol. The van der Waals surface area contributed by atoms with Gasteiger partial charge in [-0.15, -0.1) is 11.8 Å². The number of piperidine rings is 1. The van der Waals surface area contributed by atoms with Crippen molar-refractivity contribution in [3.05, 3.63) is 29.2 Å². The number of aliphatic hydroxyl groups excluding tert-OH is 1. The summed E-state index contributed by atoms with van der Waals surface area (Å²) < 4.78 is 16.7. The van der Waals surface area contributed by atoms with E-state index in [0.717, 1.165) is 16.4 Å². The Balaban J connectivity index is 1.48. The van der Waals surface area contributed by atoms with Crippen molar-refractivity contribution in [1.29, 1.82) is 0 Å². The summed E-state index contributed by atoms with van der Waals surface area (Å²) in [6, 6.07) is -1.12. The Kier molecular flexibility index (Phi) is 9.02. The molecule has 0 aliphatic carbocycles. The molecular formula is C22H27FN8O7S2. The number of fused-ring (bicyclic) bond motifs is 1. The number of likely N-dealkylation sites (tertiary alicyclic amines) is 1. The van der Waals surface area contributed by atoms with Crippen LogP contribution < -0.4 is 21.9 Å². The van der Waals surface area contributed by atoms with Gasteiger partial charge in [0.05, 0.1) is 37.4 Å². The molecule has 216 valence electrons. The average molecular weight is 599 g/mol. The second-order valence-corrected chi connectivity index (χ2v) is 11.3. The summed E-state index contributed by atoms with van der Waals surface area (Å²) in [7, 11) is 0. The quantitative estimate of drug-likeness (QED) is 0.0879. The van der Waals surface area contributed by atoms with Gasteiger partial charge >= 0.3 is 0 Å². The van der Waals surface area contributed by atoms with Gasteiger partial charge in [-0.2, -0.15) is 9.36 Å². The van der Waals surface area contributed by atoms with Crippen LogP contribution in [0.25, 0.3) is 0 Å². The minimum absolute atomic E-state index is 0.0224. The Morgan fingerprint density at radius 1 is 1.35 bits per heavy atom. The number of allylic oxidation sites excluding steroid dienone is 1. The number of oxime groups is 1. The van der Waals surface area contributed by atoms with Crippen LogP contribution in [0.15, 0.2) is 28.6 Å². The number of aliphatic carboxylic acids is 1. The number of carbonyl (C=O) groups excluding carboxylic acids is 4. The van der Waals surface area contributed by atoms with Crippen LogP contribution in [0.5, 0.6) is 0 Å². The molecule has 0 unspecified atom stereocenters. The summed E-state index contributed by atoms with van der Waals surface area (Å²) in [4.78, 5) is 58.7. The minimum atomic E-state index is -1.56. The maximum Gasteiger partial charge on any atom is 0.278 e. The summed E-state index contributed by atoms with van der Waals surface area (Å²) >= 11 is 1.99. The number of halogens is 1. The number of amides is 3. The van der Waals surface area contributed by atoms with Gasteiger partial charge in [-0.05, 0) is 11.6 Å². The molecule has 0 radical (unpaired) electrons. The van der Waals surface area contributed by atoms with Crippen LogP contribution in [0, 0.1) is 0 Å². The van der Waals surface area contributed by atoms with Gasteiger partial charge in [-0.1, -0.05) is 11.2 Å². The number of carboxylic acids is 1. The van der Waals surface area contributed by atoms with Crippen molar-refractivity contribution in [3.8, 4) is 0 Å². The van der Waals surface area contributed by atoms with Crippen molar-refractivity contribution < 1.29 is 43.1 Å². The normalized spacial score (nSPS) is 26.9. The molecule has 3 amide bonds. The van der Waals surface area contributed by atoms with Crippen LogP contribution in [-0.4, -0.2) is 110 Å². The molecule has 2 fully saturated rings. The van der Waals surface area contributed by atoms with Crippen molar-refractivity contribution in [2.75, 3.05) is 44.5 Å². The number of carbonyl (C=O) groups is 4. The van der Waals surface area contributed by atoms with Crippen molar-refractivity contribution in [2.24, 2.45) is 10.9 Å². The second kappa shape index (κ2) is 12.3. The van der Waals surface area contributed by atoms with Gasteiger partial charge < -0.3 is 41.1 Å². The molecule has 1 aromatic heterocycles. The molecule has 2 atom stereocenters. The zero-order valence-corrected chi connectivity index (χ0v) is 22.7. The monoisotopic (exact) mass is 598 g/mol. The highest BCUT2D eigenvalue weighted by molar-refractivity contribution is 8.00. The van der Waals surface area contributed by atoms with Crippen LogP contribution in [0.3, 0.4) is 0 Å². The number of alkyl halides is 1. The second-order valence-electron chi connectivity index (χ2n) is 9.39. The zero-order valence-electron chi connectivity index (χ0n) is 21.0. The van der Waals surface area contributed by atoms with Gasteiger partial charge in [0.2, 0.25) is 11.5 Å². The molecule has 1 aromatic rings. The van der Waals surface area contributed by atoms with E-state index >= 15 is 0 Å². The number of aromatic nitrogens is 2. The molecule has 40 heavy (non-hydrogen) atoms. The molecule has 0 bridgehead atoms. The van der Waals surface area contributed by atoms with Crippen LogP contribution >= 0.6 is 23.3 Å². The number of quaternary nitrogens is 1. The maximum absolute atomic E-state index is 13.0. The van der Waals surface area contributed by atoms with Gasteiger partial charge in [0.15, 0.2) is 11.7 Å². The van der Waals surface area contributed by atoms with Crippen molar-refractivity contribution in [2.45, 2.75) is 30.4 Å². The van der Waals surface area contributed by atoms with Gasteiger partial charge in [0, 0.05) is 30.1 Å². The number of anilines is 1. The van der Waals surface area contributed by atoms with E-state index in [-0.39, 0.29) is 29.0 Å². The number of nitrogen functional groups attached to an aromatic ring is 1. The van der Waals surface area contributed by atoms with Crippen LogP contribution in [0.4, 0.5) is 9.52 Å². The van der Waals surface area contributed by atoms with Crippen molar-refractivity contribution in [3.63, 3.8) is 0 Å². The van der Waals surface area contributed by atoms with E-state index in [1.165, 1.54) is 11.8 Å². The minimum Gasteiger partial charge on any atom is -0.543 e.